The van der Waals surface area contributed by atoms with Crippen LogP contribution in [0, 0.1) is 0 Å². The third-order valence-electron chi connectivity index (χ3n) is 5.28. The van der Waals surface area contributed by atoms with Gasteiger partial charge in [0.25, 0.3) is 0 Å². The van der Waals surface area contributed by atoms with Crippen LogP contribution in [0.25, 0.3) is 5.69 Å². The van der Waals surface area contributed by atoms with Crippen molar-refractivity contribution in [1.29, 1.82) is 0 Å². The van der Waals surface area contributed by atoms with Crippen LogP contribution in [0.5, 0.6) is 0 Å². The molecule has 4 rings (SSSR count). The van der Waals surface area contributed by atoms with Gasteiger partial charge in [0, 0.05) is 32.5 Å². The van der Waals surface area contributed by atoms with Gasteiger partial charge in [-0.25, -0.2) is 4.68 Å². The topological polar surface area (TPSA) is 70.6 Å². The van der Waals surface area contributed by atoms with E-state index in [1.807, 2.05) is 35.1 Å². The summed E-state index contributed by atoms with van der Waals surface area (Å²) in [6, 6.07) is 14.5. The van der Waals surface area contributed by atoms with E-state index in [2.05, 4.69) is 43.8 Å². The van der Waals surface area contributed by atoms with Crippen molar-refractivity contribution in [2.75, 3.05) is 26.7 Å². The zero-order chi connectivity index (χ0) is 19.9. The van der Waals surface area contributed by atoms with Gasteiger partial charge in [0.1, 0.15) is 5.76 Å². The zero-order valence-electron chi connectivity index (χ0n) is 16.8. The summed E-state index contributed by atoms with van der Waals surface area (Å²) in [7, 11) is 1.80. The third-order valence-corrected chi connectivity index (χ3v) is 5.28. The number of rotatable bonds is 7. The van der Waals surface area contributed by atoms with E-state index in [0.717, 1.165) is 37.0 Å². The summed E-state index contributed by atoms with van der Waals surface area (Å²) < 4.78 is 7.56. The van der Waals surface area contributed by atoms with E-state index in [9.17, 15) is 0 Å². The Morgan fingerprint density at radius 3 is 2.79 bits per heavy atom. The van der Waals surface area contributed by atoms with Crippen LogP contribution in [0.15, 0.2) is 70.5 Å². The number of furan rings is 1. The van der Waals surface area contributed by atoms with Gasteiger partial charge in [-0.3, -0.25) is 9.89 Å². The van der Waals surface area contributed by atoms with Crippen molar-refractivity contribution in [3.05, 3.63) is 72.4 Å². The van der Waals surface area contributed by atoms with Crippen LogP contribution in [0.2, 0.25) is 0 Å². The molecule has 0 bridgehead atoms. The summed E-state index contributed by atoms with van der Waals surface area (Å²) >= 11 is 0. The van der Waals surface area contributed by atoms with Crippen molar-refractivity contribution in [1.82, 2.24) is 25.3 Å². The minimum Gasteiger partial charge on any atom is -0.468 e. The van der Waals surface area contributed by atoms with Gasteiger partial charge in [-0.1, -0.05) is 12.1 Å². The molecule has 3 aromatic rings. The lowest BCUT2D eigenvalue weighted by molar-refractivity contribution is 0.215. The molecule has 0 amide bonds. The number of nitrogens with one attached hydrogen (secondary N) is 2. The highest BCUT2D eigenvalue weighted by Crippen LogP contribution is 2.24. The molecule has 2 aromatic heterocycles. The first kappa shape index (κ1) is 19.3. The number of aliphatic imine (C=N–C) groups is 1. The number of hydrogen-bond donors (Lipinski definition) is 2. The highest BCUT2D eigenvalue weighted by molar-refractivity contribution is 5.79. The second-order valence-corrected chi connectivity index (χ2v) is 7.20. The van der Waals surface area contributed by atoms with E-state index in [4.69, 9.17) is 4.42 Å². The van der Waals surface area contributed by atoms with Crippen molar-refractivity contribution in [3.63, 3.8) is 0 Å². The lowest BCUT2D eigenvalue weighted by atomic mass is 10.2. The molecule has 152 valence electrons. The van der Waals surface area contributed by atoms with Gasteiger partial charge in [0.15, 0.2) is 5.96 Å². The van der Waals surface area contributed by atoms with E-state index < -0.39 is 0 Å². The summed E-state index contributed by atoms with van der Waals surface area (Å²) in [5, 5.41) is 11.2. The predicted molar refractivity (Wildman–Crippen MR) is 114 cm³/mol. The first-order valence-corrected chi connectivity index (χ1v) is 10.1. The standard InChI is InChI=1S/C22H28N6O/c1-23-22(24-16-18-7-4-8-19(15-18)28-13-6-10-26-28)25-17-20(21-9-5-14-29-21)27-11-2-3-12-27/h4-10,13-15,20H,2-3,11-12,16-17H2,1H3,(H2,23,24,25). The number of guanidine groups is 1. The molecule has 1 atom stereocenters. The molecule has 1 fully saturated rings. The zero-order valence-corrected chi connectivity index (χ0v) is 16.8. The Morgan fingerprint density at radius 1 is 1.17 bits per heavy atom. The van der Waals surface area contributed by atoms with Gasteiger partial charge in [0.2, 0.25) is 0 Å². The molecule has 0 spiro atoms. The summed E-state index contributed by atoms with van der Waals surface area (Å²) in [6.45, 7) is 3.66. The fourth-order valence-electron chi connectivity index (χ4n) is 3.77. The third kappa shape index (κ3) is 4.86. The Labute approximate surface area is 171 Å². The van der Waals surface area contributed by atoms with Gasteiger partial charge >= 0.3 is 0 Å². The molecule has 1 unspecified atom stereocenters. The van der Waals surface area contributed by atoms with Crippen LogP contribution >= 0.6 is 0 Å². The fraction of sp³-hybridized carbons (Fsp3) is 0.364. The van der Waals surface area contributed by atoms with E-state index in [0.29, 0.717) is 6.54 Å². The predicted octanol–water partition coefficient (Wildman–Crippen LogP) is 2.97. The number of benzene rings is 1. The molecular weight excluding hydrogens is 364 g/mol. The molecule has 29 heavy (non-hydrogen) atoms. The monoisotopic (exact) mass is 392 g/mol. The van der Waals surface area contributed by atoms with Gasteiger partial charge in [-0.2, -0.15) is 5.10 Å². The van der Waals surface area contributed by atoms with Gasteiger partial charge in [-0.15, -0.1) is 0 Å². The minimum atomic E-state index is 0.217. The van der Waals surface area contributed by atoms with Crippen LogP contribution in [0.3, 0.4) is 0 Å². The Kier molecular flexibility index (Phi) is 6.26. The van der Waals surface area contributed by atoms with Crippen molar-refractivity contribution in [2.24, 2.45) is 4.99 Å². The maximum Gasteiger partial charge on any atom is 0.191 e. The highest BCUT2D eigenvalue weighted by atomic mass is 16.3. The number of aromatic nitrogens is 2. The van der Waals surface area contributed by atoms with E-state index >= 15 is 0 Å². The van der Waals surface area contributed by atoms with Gasteiger partial charge in [-0.05, 0) is 61.8 Å². The molecule has 3 heterocycles. The van der Waals surface area contributed by atoms with Gasteiger partial charge < -0.3 is 15.1 Å². The van der Waals surface area contributed by atoms with E-state index in [1.54, 1.807) is 19.5 Å². The Hall–Kier alpha value is -3.06. The molecule has 7 nitrogen and oxygen atoms in total. The van der Waals surface area contributed by atoms with Crippen molar-refractivity contribution < 1.29 is 4.42 Å². The lowest BCUT2D eigenvalue weighted by Crippen LogP contribution is -2.42. The molecule has 2 N–H and O–H groups in total. The normalized spacial score (nSPS) is 16.1. The quantitative estimate of drug-likeness (QED) is 0.478. The van der Waals surface area contributed by atoms with Crippen LogP contribution in [-0.4, -0.2) is 47.3 Å². The second-order valence-electron chi connectivity index (χ2n) is 7.20. The molecule has 0 aliphatic carbocycles. The molecule has 1 aliphatic rings. The van der Waals surface area contributed by atoms with E-state index in [1.165, 1.54) is 18.4 Å². The summed E-state index contributed by atoms with van der Waals surface area (Å²) in [6.07, 6.45) is 7.97. The first-order chi connectivity index (χ1) is 14.3. The molecule has 0 radical (unpaired) electrons. The summed E-state index contributed by atoms with van der Waals surface area (Å²) in [4.78, 5) is 6.86. The lowest BCUT2D eigenvalue weighted by Gasteiger charge is -2.26. The highest BCUT2D eigenvalue weighted by Gasteiger charge is 2.25. The van der Waals surface area contributed by atoms with Crippen molar-refractivity contribution in [3.8, 4) is 5.69 Å². The second kappa shape index (κ2) is 9.43. The molecular formula is C22H28N6O. The van der Waals surface area contributed by atoms with Crippen LogP contribution in [0.1, 0.15) is 30.2 Å². The largest absolute Gasteiger partial charge is 0.468 e. The molecule has 1 saturated heterocycles. The fourth-order valence-corrected chi connectivity index (χ4v) is 3.77. The Bertz CT molecular complexity index is 897. The molecule has 1 aromatic carbocycles. The maximum atomic E-state index is 5.70. The Morgan fingerprint density at radius 2 is 2.07 bits per heavy atom. The average molecular weight is 393 g/mol. The van der Waals surface area contributed by atoms with Crippen LogP contribution in [-0.2, 0) is 6.54 Å². The number of likely N-dealkylation sites (tertiary alicyclic amines) is 1. The van der Waals surface area contributed by atoms with Crippen molar-refractivity contribution in [2.45, 2.75) is 25.4 Å². The van der Waals surface area contributed by atoms with E-state index in [-0.39, 0.29) is 6.04 Å². The number of nitrogens with zero attached hydrogens (tertiary/aromatic N) is 4. The number of hydrogen-bond acceptors (Lipinski definition) is 4. The Balaban J connectivity index is 1.35. The average Bonchev–Trinajstić information content (AvgIpc) is 3.54. The molecule has 0 saturated carbocycles. The summed E-state index contributed by atoms with van der Waals surface area (Å²) in [5.74, 6) is 1.78. The first-order valence-electron chi connectivity index (χ1n) is 10.1. The van der Waals surface area contributed by atoms with Crippen LogP contribution in [0.4, 0.5) is 0 Å². The smallest absolute Gasteiger partial charge is 0.191 e. The van der Waals surface area contributed by atoms with Gasteiger partial charge in [0.05, 0.1) is 18.0 Å². The maximum absolute atomic E-state index is 5.70. The SMILES string of the molecule is CN=C(NCc1cccc(-n2cccn2)c1)NCC(c1ccco1)N1CCCC1. The molecule has 1 aliphatic heterocycles. The minimum absolute atomic E-state index is 0.217. The summed E-state index contributed by atoms with van der Waals surface area (Å²) in [5.41, 5.74) is 2.22. The molecule has 7 heteroatoms. The van der Waals surface area contributed by atoms with Crippen LogP contribution < -0.4 is 10.6 Å². The van der Waals surface area contributed by atoms with Crippen molar-refractivity contribution >= 4 is 5.96 Å².